The lowest BCUT2D eigenvalue weighted by atomic mass is 9.97. The zero-order valence-corrected chi connectivity index (χ0v) is 9.40. The zero-order valence-electron chi connectivity index (χ0n) is 9.40. The van der Waals surface area contributed by atoms with Gasteiger partial charge in [-0.25, -0.2) is 13.8 Å². The fraction of sp³-hybridized carbons (Fsp3) is 0.250. The summed E-state index contributed by atoms with van der Waals surface area (Å²) >= 11 is 0. The number of rotatable bonds is 3. The second kappa shape index (κ2) is 4.63. The van der Waals surface area contributed by atoms with E-state index in [1.807, 2.05) is 0 Å². The molecule has 1 aromatic heterocycles. The summed E-state index contributed by atoms with van der Waals surface area (Å²) < 4.78 is 28.6. The molecule has 0 aliphatic carbocycles. The van der Waals surface area contributed by atoms with Crippen LogP contribution in [0.1, 0.15) is 17.3 Å². The van der Waals surface area contributed by atoms with Crippen molar-refractivity contribution in [1.82, 2.24) is 9.55 Å². The molecule has 0 saturated carbocycles. The van der Waals surface area contributed by atoms with Crippen LogP contribution in [-0.2, 0) is 7.05 Å². The molecule has 0 spiro atoms. The lowest BCUT2D eigenvalue weighted by Gasteiger charge is -2.15. The fourth-order valence-corrected chi connectivity index (χ4v) is 1.87. The van der Waals surface area contributed by atoms with Crippen molar-refractivity contribution in [2.75, 3.05) is 6.54 Å². The van der Waals surface area contributed by atoms with Gasteiger partial charge in [-0.1, -0.05) is 0 Å². The third kappa shape index (κ3) is 2.19. The van der Waals surface area contributed by atoms with Crippen molar-refractivity contribution < 1.29 is 8.78 Å². The lowest BCUT2D eigenvalue weighted by molar-refractivity contribution is 0.565. The van der Waals surface area contributed by atoms with Crippen molar-refractivity contribution in [2.45, 2.75) is 5.92 Å². The summed E-state index contributed by atoms with van der Waals surface area (Å²) in [4.78, 5) is 4.13. The molecular weight excluding hydrogens is 224 g/mol. The van der Waals surface area contributed by atoms with Gasteiger partial charge in [0.15, 0.2) is 0 Å². The highest BCUT2D eigenvalue weighted by molar-refractivity contribution is 5.28. The molecule has 17 heavy (non-hydrogen) atoms. The summed E-state index contributed by atoms with van der Waals surface area (Å²) in [6.07, 6.45) is 3.35. The molecular formula is C12H13F2N3. The molecule has 1 unspecified atom stereocenters. The Kier molecular flexibility index (Phi) is 3.19. The minimum absolute atomic E-state index is 0.172. The Bertz CT molecular complexity index is 522. The average molecular weight is 237 g/mol. The quantitative estimate of drug-likeness (QED) is 0.884. The molecule has 0 amide bonds. The van der Waals surface area contributed by atoms with Crippen LogP contribution in [0.2, 0.25) is 0 Å². The largest absolute Gasteiger partial charge is 0.337 e. The van der Waals surface area contributed by atoms with E-state index in [1.54, 1.807) is 24.0 Å². The van der Waals surface area contributed by atoms with Gasteiger partial charge in [0.1, 0.15) is 17.5 Å². The van der Waals surface area contributed by atoms with Crippen molar-refractivity contribution in [1.29, 1.82) is 0 Å². The van der Waals surface area contributed by atoms with Crippen LogP contribution in [0.25, 0.3) is 0 Å². The van der Waals surface area contributed by atoms with Crippen LogP contribution in [0.15, 0.2) is 30.6 Å². The maximum absolute atomic E-state index is 13.7. The van der Waals surface area contributed by atoms with Crippen LogP contribution < -0.4 is 5.73 Å². The molecule has 2 aromatic rings. The van der Waals surface area contributed by atoms with Gasteiger partial charge >= 0.3 is 0 Å². The topological polar surface area (TPSA) is 43.8 Å². The summed E-state index contributed by atoms with van der Waals surface area (Å²) in [5.74, 6) is -0.762. The second-order valence-corrected chi connectivity index (χ2v) is 3.85. The predicted octanol–water partition coefficient (Wildman–Crippen LogP) is 1.79. The van der Waals surface area contributed by atoms with Crippen LogP contribution in [0.3, 0.4) is 0 Å². The molecule has 2 N–H and O–H groups in total. The minimum Gasteiger partial charge on any atom is -0.337 e. The van der Waals surface area contributed by atoms with Gasteiger partial charge < -0.3 is 10.3 Å². The first kappa shape index (κ1) is 11.7. The Labute approximate surface area is 97.9 Å². The molecule has 0 aliphatic heterocycles. The van der Waals surface area contributed by atoms with Crippen molar-refractivity contribution in [3.05, 3.63) is 53.6 Å². The van der Waals surface area contributed by atoms with Crippen LogP contribution in [0.5, 0.6) is 0 Å². The molecule has 2 rings (SSSR count). The molecule has 0 bridgehead atoms. The first-order chi connectivity index (χ1) is 8.13. The van der Waals surface area contributed by atoms with E-state index in [1.165, 1.54) is 6.07 Å². The van der Waals surface area contributed by atoms with Gasteiger partial charge in [0.2, 0.25) is 0 Å². The standard InChI is InChI=1S/C12H13F2N3/c1-17-5-4-16-12(17)10(7-15)9-6-8(13)2-3-11(9)14/h2-6,10H,7,15H2,1H3. The summed E-state index contributed by atoms with van der Waals surface area (Å²) in [5.41, 5.74) is 5.88. The molecule has 1 atom stereocenters. The second-order valence-electron chi connectivity index (χ2n) is 3.85. The molecule has 90 valence electrons. The van der Waals surface area contributed by atoms with Crippen molar-refractivity contribution in [3.63, 3.8) is 0 Å². The number of aryl methyl sites for hydroxylation is 1. The zero-order chi connectivity index (χ0) is 12.4. The number of hydrogen-bond acceptors (Lipinski definition) is 2. The van der Waals surface area contributed by atoms with Gasteiger partial charge in [0.05, 0.1) is 5.92 Å². The van der Waals surface area contributed by atoms with E-state index < -0.39 is 17.6 Å². The van der Waals surface area contributed by atoms with E-state index in [2.05, 4.69) is 4.98 Å². The molecule has 0 fully saturated rings. The summed E-state index contributed by atoms with van der Waals surface area (Å²) in [7, 11) is 1.79. The van der Waals surface area contributed by atoms with E-state index in [9.17, 15) is 8.78 Å². The third-order valence-corrected chi connectivity index (χ3v) is 2.74. The highest BCUT2D eigenvalue weighted by Crippen LogP contribution is 2.25. The lowest BCUT2D eigenvalue weighted by Crippen LogP contribution is -2.19. The van der Waals surface area contributed by atoms with Crippen LogP contribution in [0, 0.1) is 11.6 Å². The summed E-state index contributed by atoms with van der Waals surface area (Å²) in [6.45, 7) is 0.172. The van der Waals surface area contributed by atoms with Gasteiger partial charge in [-0.15, -0.1) is 0 Å². The maximum atomic E-state index is 13.7. The normalized spacial score (nSPS) is 12.7. The third-order valence-electron chi connectivity index (χ3n) is 2.74. The number of imidazole rings is 1. The van der Waals surface area contributed by atoms with Crippen molar-refractivity contribution in [2.24, 2.45) is 12.8 Å². The Balaban J connectivity index is 2.49. The van der Waals surface area contributed by atoms with Gasteiger partial charge in [-0.2, -0.15) is 0 Å². The maximum Gasteiger partial charge on any atom is 0.127 e. The number of nitrogens with two attached hydrogens (primary N) is 1. The molecule has 0 saturated heterocycles. The van der Waals surface area contributed by atoms with Crippen LogP contribution in [0.4, 0.5) is 8.78 Å². The number of benzene rings is 1. The monoisotopic (exact) mass is 237 g/mol. The number of halogens is 2. The molecule has 1 aromatic carbocycles. The highest BCUT2D eigenvalue weighted by atomic mass is 19.1. The van der Waals surface area contributed by atoms with Crippen LogP contribution in [-0.4, -0.2) is 16.1 Å². The predicted molar refractivity (Wildman–Crippen MR) is 60.5 cm³/mol. The van der Waals surface area contributed by atoms with E-state index in [0.717, 1.165) is 12.1 Å². The van der Waals surface area contributed by atoms with Gasteiger partial charge in [-0.3, -0.25) is 0 Å². The van der Waals surface area contributed by atoms with Crippen molar-refractivity contribution in [3.8, 4) is 0 Å². The van der Waals surface area contributed by atoms with Gasteiger partial charge in [-0.05, 0) is 18.2 Å². The Morgan fingerprint density at radius 3 is 2.76 bits per heavy atom. The Morgan fingerprint density at radius 2 is 2.18 bits per heavy atom. The number of hydrogen-bond donors (Lipinski definition) is 1. The first-order valence-electron chi connectivity index (χ1n) is 5.25. The molecule has 5 heteroatoms. The fourth-order valence-electron chi connectivity index (χ4n) is 1.87. The summed E-state index contributed by atoms with van der Waals surface area (Å²) in [5, 5.41) is 0. The number of aromatic nitrogens is 2. The summed E-state index contributed by atoms with van der Waals surface area (Å²) in [6, 6.07) is 3.36. The van der Waals surface area contributed by atoms with Gasteiger partial charge in [0.25, 0.3) is 0 Å². The molecule has 0 radical (unpaired) electrons. The average Bonchev–Trinajstić information content (AvgIpc) is 2.71. The van der Waals surface area contributed by atoms with Crippen LogP contribution >= 0.6 is 0 Å². The van der Waals surface area contributed by atoms with E-state index in [4.69, 9.17) is 5.73 Å². The van der Waals surface area contributed by atoms with Crippen molar-refractivity contribution >= 4 is 0 Å². The SMILES string of the molecule is Cn1ccnc1C(CN)c1cc(F)ccc1F. The van der Waals surface area contributed by atoms with E-state index in [0.29, 0.717) is 5.82 Å². The van der Waals surface area contributed by atoms with Gasteiger partial charge in [0, 0.05) is 31.5 Å². The molecule has 0 aliphatic rings. The highest BCUT2D eigenvalue weighted by Gasteiger charge is 2.20. The van der Waals surface area contributed by atoms with E-state index >= 15 is 0 Å². The first-order valence-corrected chi connectivity index (χ1v) is 5.25. The Morgan fingerprint density at radius 1 is 1.41 bits per heavy atom. The minimum atomic E-state index is -0.478. The van der Waals surface area contributed by atoms with E-state index in [-0.39, 0.29) is 12.1 Å². The smallest absolute Gasteiger partial charge is 0.127 e. The molecule has 3 nitrogen and oxygen atoms in total. The molecule has 1 heterocycles. The Hall–Kier alpha value is -1.75. The number of nitrogens with zero attached hydrogens (tertiary/aromatic N) is 2.